The maximum absolute atomic E-state index is 14.2. The fourth-order valence-electron chi connectivity index (χ4n) is 2.16. The third-order valence-electron chi connectivity index (χ3n) is 3.22. The molecule has 2 rings (SSSR count). The average molecular weight is 262 g/mol. The van der Waals surface area contributed by atoms with Crippen molar-refractivity contribution < 1.29 is 8.78 Å². The lowest BCUT2D eigenvalue weighted by Crippen LogP contribution is -2.22. The first-order valence-electron chi connectivity index (χ1n) is 6.09. The van der Waals surface area contributed by atoms with Gasteiger partial charge in [0.05, 0.1) is 11.7 Å². The Morgan fingerprint density at radius 2 is 1.84 bits per heavy atom. The van der Waals surface area contributed by atoms with E-state index in [-0.39, 0.29) is 5.56 Å². The number of aryl methyl sites for hydroxylation is 2. The van der Waals surface area contributed by atoms with E-state index >= 15 is 0 Å². The molecule has 100 valence electrons. The van der Waals surface area contributed by atoms with Crippen molar-refractivity contribution in [3.63, 3.8) is 0 Å². The van der Waals surface area contributed by atoms with Gasteiger partial charge in [-0.25, -0.2) is 8.78 Å². The molecule has 1 aromatic carbocycles. The summed E-state index contributed by atoms with van der Waals surface area (Å²) in [6.45, 7) is 3.49. The van der Waals surface area contributed by atoms with Crippen LogP contribution in [0.15, 0.2) is 30.5 Å². The highest BCUT2D eigenvalue weighted by Crippen LogP contribution is 2.28. The van der Waals surface area contributed by atoms with E-state index < -0.39 is 17.7 Å². The van der Waals surface area contributed by atoms with E-state index in [2.05, 4.69) is 10.3 Å². The fraction of sp³-hybridized carbons (Fsp3) is 0.267. The minimum Gasteiger partial charge on any atom is -0.308 e. The Morgan fingerprint density at radius 1 is 1.11 bits per heavy atom. The van der Waals surface area contributed by atoms with Gasteiger partial charge in [-0.1, -0.05) is 12.1 Å². The fourth-order valence-corrected chi connectivity index (χ4v) is 2.16. The summed E-state index contributed by atoms with van der Waals surface area (Å²) in [5, 5.41) is 2.94. The van der Waals surface area contributed by atoms with Gasteiger partial charge in [0.2, 0.25) is 0 Å². The highest BCUT2D eigenvalue weighted by Gasteiger charge is 2.23. The molecule has 0 aliphatic heterocycles. The Labute approximate surface area is 111 Å². The van der Waals surface area contributed by atoms with Crippen LogP contribution < -0.4 is 5.32 Å². The van der Waals surface area contributed by atoms with E-state index in [9.17, 15) is 8.78 Å². The van der Waals surface area contributed by atoms with Crippen LogP contribution in [0.25, 0.3) is 0 Å². The Bertz CT molecular complexity index is 597. The van der Waals surface area contributed by atoms with Crippen LogP contribution >= 0.6 is 0 Å². The molecule has 0 fully saturated rings. The molecule has 2 nitrogen and oxygen atoms in total. The molecule has 0 radical (unpaired) electrons. The zero-order chi connectivity index (χ0) is 14.0. The lowest BCUT2D eigenvalue weighted by atomic mass is 9.97. The predicted octanol–water partition coefficient (Wildman–Crippen LogP) is 3.29. The molecule has 1 heterocycles. The van der Waals surface area contributed by atoms with Gasteiger partial charge in [-0.3, -0.25) is 4.98 Å². The summed E-state index contributed by atoms with van der Waals surface area (Å²) < 4.78 is 28.2. The molecule has 2 aromatic rings. The molecule has 1 N–H and O–H groups in total. The van der Waals surface area contributed by atoms with Crippen LogP contribution in [0.3, 0.4) is 0 Å². The summed E-state index contributed by atoms with van der Waals surface area (Å²) in [5.41, 5.74) is 1.96. The Morgan fingerprint density at radius 3 is 2.47 bits per heavy atom. The largest absolute Gasteiger partial charge is 0.308 e. The summed E-state index contributed by atoms with van der Waals surface area (Å²) in [6.07, 6.45) is 1.62. The maximum atomic E-state index is 14.2. The van der Waals surface area contributed by atoms with Gasteiger partial charge in [-0.15, -0.1) is 0 Å². The maximum Gasteiger partial charge on any atom is 0.134 e. The average Bonchev–Trinajstić information content (AvgIpc) is 2.40. The number of hydrogen-bond acceptors (Lipinski definition) is 2. The van der Waals surface area contributed by atoms with Crippen LogP contribution in [0.2, 0.25) is 0 Å². The first-order chi connectivity index (χ1) is 9.06. The number of nitrogens with zero attached hydrogens (tertiary/aromatic N) is 1. The number of aromatic nitrogens is 1. The van der Waals surface area contributed by atoms with Crippen LogP contribution in [0.1, 0.15) is 28.4 Å². The molecule has 0 bridgehead atoms. The van der Waals surface area contributed by atoms with Crippen molar-refractivity contribution in [3.8, 4) is 0 Å². The molecule has 0 saturated carbocycles. The quantitative estimate of drug-likeness (QED) is 0.918. The molecule has 0 aliphatic rings. The Hall–Kier alpha value is -1.81. The van der Waals surface area contributed by atoms with Crippen molar-refractivity contribution in [1.82, 2.24) is 10.3 Å². The monoisotopic (exact) mass is 262 g/mol. The van der Waals surface area contributed by atoms with Gasteiger partial charge in [0, 0.05) is 11.8 Å². The first-order valence-corrected chi connectivity index (χ1v) is 6.09. The summed E-state index contributed by atoms with van der Waals surface area (Å²) >= 11 is 0. The summed E-state index contributed by atoms with van der Waals surface area (Å²) in [4.78, 5) is 4.24. The lowest BCUT2D eigenvalue weighted by molar-refractivity contribution is 0.512. The number of halogens is 2. The lowest BCUT2D eigenvalue weighted by Gasteiger charge is -2.20. The van der Waals surface area contributed by atoms with Gasteiger partial charge in [-0.05, 0) is 44.2 Å². The van der Waals surface area contributed by atoms with Gasteiger partial charge in [0.1, 0.15) is 11.6 Å². The molecule has 1 aromatic heterocycles. The Balaban J connectivity index is 2.61. The number of hydrogen-bond donors (Lipinski definition) is 1. The third-order valence-corrected chi connectivity index (χ3v) is 3.22. The van der Waals surface area contributed by atoms with Crippen molar-refractivity contribution >= 4 is 0 Å². The summed E-state index contributed by atoms with van der Waals surface area (Å²) in [7, 11) is 1.67. The molecule has 4 heteroatoms. The smallest absolute Gasteiger partial charge is 0.134 e. The number of benzene rings is 1. The normalized spacial score (nSPS) is 12.5. The zero-order valence-corrected chi connectivity index (χ0v) is 11.2. The van der Waals surface area contributed by atoms with Crippen molar-refractivity contribution in [2.24, 2.45) is 0 Å². The second kappa shape index (κ2) is 5.45. The van der Waals surface area contributed by atoms with Gasteiger partial charge in [-0.2, -0.15) is 0 Å². The molecule has 0 saturated heterocycles. The van der Waals surface area contributed by atoms with Crippen molar-refractivity contribution in [2.45, 2.75) is 19.9 Å². The minimum absolute atomic E-state index is 0.0179. The van der Waals surface area contributed by atoms with Crippen LogP contribution in [-0.2, 0) is 0 Å². The van der Waals surface area contributed by atoms with E-state index in [4.69, 9.17) is 0 Å². The van der Waals surface area contributed by atoms with Gasteiger partial charge >= 0.3 is 0 Å². The van der Waals surface area contributed by atoms with E-state index in [1.54, 1.807) is 26.2 Å². The minimum atomic E-state index is -0.596. The van der Waals surface area contributed by atoms with Crippen LogP contribution in [-0.4, -0.2) is 12.0 Å². The van der Waals surface area contributed by atoms with Crippen molar-refractivity contribution in [3.05, 3.63) is 64.5 Å². The van der Waals surface area contributed by atoms with E-state index in [1.807, 2.05) is 13.0 Å². The predicted molar refractivity (Wildman–Crippen MR) is 71.0 cm³/mol. The standard InChI is InChI=1S/C15H16F2N2/c1-9-6-7-11(16)12(13(9)17)15(18-3)14-10(2)5-4-8-19-14/h4-8,15,18H,1-3H3. The van der Waals surface area contributed by atoms with E-state index in [0.717, 1.165) is 5.56 Å². The second-order valence-corrected chi connectivity index (χ2v) is 4.52. The van der Waals surface area contributed by atoms with Gasteiger partial charge in [0.15, 0.2) is 0 Å². The number of nitrogens with one attached hydrogen (secondary N) is 1. The second-order valence-electron chi connectivity index (χ2n) is 4.52. The molecule has 0 aliphatic carbocycles. The molecular weight excluding hydrogens is 246 g/mol. The highest BCUT2D eigenvalue weighted by atomic mass is 19.1. The van der Waals surface area contributed by atoms with E-state index in [1.165, 1.54) is 12.1 Å². The molecule has 19 heavy (non-hydrogen) atoms. The first kappa shape index (κ1) is 13.6. The molecule has 1 unspecified atom stereocenters. The molecule has 1 atom stereocenters. The molecular formula is C15H16F2N2. The topological polar surface area (TPSA) is 24.9 Å². The van der Waals surface area contributed by atoms with Gasteiger partial charge < -0.3 is 5.32 Å². The molecule has 0 spiro atoms. The number of pyridine rings is 1. The van der Waals surface area contributed by atoms with Crippen LogP contribution in [0.4, 0.5) is 8.78 Å². The van der Waals surface area contributed by atoms with Crippen molar-refractivity contribution in [2.75, 3.05) is 7.05 Å². The molecule has 0 amide bonds. The summed E-state index contributed by atoms with van der Waals surface area (Å²) in [6, 6.07) is 5.80. The number of rotatable bonds is 3. The third kappa shape index (κ3) is 2.49. The summed E-state index contributed by atoms with van der Waals surface area (Å²) in [5.74, 6) is -1.09. The van der Waals surface area contributed by atoms with Crippen molar-refractivity contribution in [1.29, 1.82) is 0 Å². The zero-order valence-electron chi connectivity index (χ0n) is 11.2. The van der Waals surface area contributed by atoms with Crippen LogP contribution in [0.5, 0.6) is 0 Å². The van der Waals surface area contributed by atoms with Crippen LogP contribution in [0, 0.1) is 25.5 Å². The van der Waals surface area contributed by atoms with E-state index in [0.29, 0.717) is 11.3 Å². The highest BCUT2D eigenvalue weighted by molar-refractivity contribution is 5.36. The Kier molecular flexibility index (Phi) is 3.90. The SMILES string of the molecule is CNC(c1ncccc1C)c1c(F)ccc(C)c1F. The van der Waals surface area contributed by atoms with Gasteiger partial charge in [0.25, 0.3) is 0 Å².